The van der Waals surface area contributed by atoms with Gasteiger partial charge >= 0.3 is 0 Å². The summed E-state index contributed by atoms with van der Waals surface area (Å²) in [6, 6.07) is 10.5. The molecule has 94 valence electrons. The van der Waals surface area contributed by atoms with Gasteiger partial charge in [0.2, 0.25) is 0 Å². The van der Waals surface area contributed by atoms with Gasteiger partial charge in [-0.2, -0.15) is 0 Å². The fourth-order valence-electron chi connectivity index (χ4n) is 1.78. The number of pyridine rings is 1. The number of hydrogen-bond acceptors (Lipinski definition) is 2. The summed E-state index contributed by atoms with van der Waals surface area (Å²) in [4.78, 5) is 6.37. The topological polar surface area (TPSA) is 16.1 Å². The van der Waals surface area contributed by atoms with E-state index in [0.717, 1.165) is 28.9 Å². The number of hydrogen-bond donors (Lipinski definition) is 0. The molecule has 0 bridgehead atoms. The van der Waals surface area contributed by atoms with Crippen LogP contribution in [0.1, 0.15) is 12.5 Å². The largest absolute Gasteiger partial charge is 0.327 e. The molecule has 0 saturated heterocycles. The van der Waals surface area contributed by atoms with Crippen LogP contribution in [0, 0.1) is 5.82 Å². The zero-order valence-corrected chi connectivity index (χ0v) is 11.7. The molecule has 2 nitrogen and oxygen atoms in total. The summed E-state index contributed by atoms with van der Waals surface area (Å²) in [5.41, 5.74) is 1.94. The number of nitrogens with zero attached hydrogens (tertiary/aromatic N) is 2. The Bertz CT molecular complexity index is 513. The van der Waals surface area contributed by atoms with Crippen molar-refractivity contribution >= 4 is 27.4 Å². The van der Waals surface area contributed by atoms with Crippen molar-refractivity contribution in [2.24, 2.45) is 0 Å². The van der Waals surface area contributed by atoms with Gasteiger partial charge in [0.15, 0.2) is 0 Å². The van der Waals surface area contributed by atoms with Gasteiger partial charge in [0, 0.05) is 23.8 Å². The van der Waals surface area contributed by atoms with E-state index in [9.17, 15) is 4.39 Å². The molecule has 0 atom stereocenters. The van der Waals surface area contributed by atoms with Crippen LogP contribution in [-0.4, -0.2) is 11.5 Å². The van der Waals surface area contributed by atoms with Crippen LogP contribution in [-0.2, 0) is 5.33 Å². The lowest BCUT2D eigenvalue weighted by atomic mass is 10.2. The standard InChI is InChI=1S/C14H14BrFN2/c1-2-18(13-5-3-4-12(16)8-13)14-7-6-11(9-15)10-17-14/h3-8,10H,2,9H2,1H3. The maximum absolute atomic E-state index is 13.2. The molecule has 0 aliphatic carbocycles. The monoisotopic (exact) mass is 308 g/mol. The SMILES string of the molecule is CCN(c1cccc(F)c1)c1ccc(CBr)cn1. The summed E-state index contributed by atoms with van der Waals surface area (Å²) >= 11 is 3.39. The molecular formula is C14H14BrFN2. The third kappa shape index (κ3) is 2.88. The van der Waals surface area contributed by atoms with Crippen LogP contribution in [0.25, 0.3) is 0 Å². The minimum Gasteiger partial charge on any atom is -0.327 e. The summed E-state index contributed by atoms with van der Waals surface area (Å²) < 4.78 is 13.2. The highest BCUT2D eigenvalue weighted by Crippen LogP contribution is 2.24. The lowest BCUT2D eigenvalue weighted by molar-refractivity contribution is 0.627. The molecule has 0 radical (unpaired) electrons. The van der Waals surface area contributed by atoms with E-state index in [-0.39, 0.29) is 5.82 Å². The van der Waals surface area contributed by atoms with Gasteiger partial charge in [-0.3, -0.25) is 0 Å². The molecule has 0 aliphatic heterocycles. The number of halogens is 2. The van der Waals surface area contributed by atoms with Gasteiger partial charge in [-0.05, 0) is 36.8 Å². The van der Waals surface area contributed by atoms with Crippen molar-refractivity contribution in [3.8, 4) is 0 Å². The smallest absolute Gasteiger partial charge is 0.132 e. The highest BCUT2D eigenvalue weighted by Gasteiger charge is 2.08. The van der Waals surface area contributed by atoms with Gasteiger partial charge in [-0.1, -0.05) is 28.1 Å². The first-order valence-electron chi connectivity index (χ1n) is 5.78. The third-order valence-electron chi connectivity index (χ3n) is 2.68. The van der Waals surface area contributed by atoms with Gasteiger partial charge in [0.1, 0.15) is 11.6 Å². The van der Waals surface area contributed by atoms with E-state index in [2.05, 4.69) is 20.9 Å². The maximum atomic E-state index is 13.2. The summed E-state index contributed by atoms with van der Waals surface area (Å²) in [6.07, 6.45) is 1.83. The van der Waals surface area contributed by atoms with Crippen LogP contribution < -0.4 is 4.90 Å². The number of alkyl halides is 1. The molecule has 0 saturated carbocycles. The Balaban J connectivity index is 2.32. The summed E-state index contributed by atoms with van der Waals surface area (Å²) in [5, 5.41) is 0.784. The fraction of sp³-hybridized carbons (Fsp3) is 0.214. The Labute approximate surface area is 115 Å². The lowest BCUT2D eigenvalue weighted by Gasteiger charge is -2.22. The molecule has 0 spiro atoms. The zero-order valence-electron chi connectivity index (χ0n) is 10.1. The average Bonchev–Trinajstić information content (AvgIpc) is 2.40. The third-order valence-corrected chi connectivity index (χ3v) is 3.32. The van der Waals surface area contributed by atoms with Crippen molar-refractivity contribution in [1.82, 2.24) is 4.98 Å². The number of rotatable bonds is 4. The molecule has 2 rings (SSSR count). The normalized spacial score (nSPS) is 10.4. The minimum atomic E-state index is -0.233. The maximum Gasteiger partial charge on any atom is 0.132 e. The summed E-state index contributed by atoms with van der Waals surface area (Å²) in [7, 11) is 0. The molecule has 18 heavy (non-hydrogen) atoms. The first kappa shape index (κ1) is 13.0. The second-order valence-corrected chi connectivity index (χ2v) is 4.44. The van der Waals surface area contributed by atoms with Crippen molar-refractivity contribution in [3.63, 3.8) is 0 Å². The van der Waals surface area contributed by atoms with Crippen molar-refractivity contribution in [3.05, 3.63) is 54.0 Å². The Morgan fingerprint density at radius 2 is 2.11 bits per heavy atom. The predicted octanol–water partition coefficient (Wildman–Crippen LogP) is 4.27. The molecular weight excluding hydrogens is 295 g/mol. The second-order valence-electron chi connectivity index (χ2n) is 3.88. The number of aromatic nitrogens is 1. The van der Waals surface area contributed by atoms with Crippen LogP contribution >= 0.6 is 15.9 Å². The van der Waals surface area contributed by atoms with E-state index in [4.69, 9.17) is 0 Å². The predicted molar refractivity (Wildman–Crippen MR) is 75.9 cm³/mol. The molecule has 0 N–H and O–H groups in total. The van der Waals surface area contributed by atoms with Crippen molar-refractivity contribution in [1.29, 1.82) is 0 Å². The average molecular weight is 309 g/mol. The highest BCUT2D eigenvalue weighted by molar-refractivity contribution is 9.08. The van der Waals surface area contributed by atoms with Gasteiger partial charge in [-0.15, -0.1) is 0 Å². The van der Waals surface area contributed by atoms with Gasteiger partial charge in [-0.25, -0.2) is 9.37 Å². The van der Waals surface area contributed by atoms with Gasteiger partial charge < -0.3 is 4.90 Å². The van der Waals surface area contributed by atoms with Crippen LogP contribution in [0.3, 0.4) is 0 Å². The van der Waals surface area contributed by atoms with E-state index < -0.39 is 0 Å². The molecule has 1 heterocycles. The van der Waals surface area contributed by atoms with Gasteiger partial charge in [0.25, 0.3) is 0 Å². The Hall–Kier alpha value is -1.42. The molecule has 2 aromatic rings. The highest BCUT2D eigenvalue weighted by atomic mass is 79.9. The molecule has 1 aromatic heterocycles. The first-order valence-corrected chi connectivity index (χ1v) is 6.90. The van der Waals surface area contributed by atoms with Crippen LogP contribution in [0.15, 0.2) is 42.6 Å². The van der Waals surface area contributed by atoms with Gasteiger partial charge in [0.05, 0.1) is 0 Å². The Kier molecular flexibility index (Phi) is 4.31. The second kappa shape index (κ2) is 5.96. The van der Waals surface area contributed by atoms with E-state index >= 15 is 0 Å². The Morgan fingerprint density at radius 3 is 2.67 bits per heavy atom. The minimum absolute atomic E-state index is 0.233. The van der Waals surface area contributed by atoms with Crippen molar-refractivity contribution < 1.29 is 4.39 Å². The molecule has 4 heteroatoms. The lowest BCUT2D eigenvalue weighted by Crippen LogP contribution is -2.17. The quantitative estimate of drug-likeness (QED) is 0.784. The number of benzene rings is 1. The fourth-order valence-corrected chi connectivity index (χ4v) is 2.11. The number of anilines is 2. The van der Waals surface area contributed by atoms with E-state index in [1.165, 1.54) is 12.1 Å². The molecule has 0 fully saturated rings. The summed E-state index contributed by atoms with van der Waals surface area (Å²) in [5.74, 6) is 0.593. The van der Waals surface area contributed by atoms with Crippen molar-refractivity contribution in [2.45, 2.75) is 12.3 Å². The zero-order chi connectivity index (χ0) is 13.0. The first-order chi connectivity index (χ1) is 8.74. The van der Waals surface area contributed by atoms with Crippen LogP contribution in [0.2, 0.25) is 0 Å². The van der Waals surface area contributed by atoms with E-state index in [1.54, 1.807) is 6.07 Å². The van der Waals surface area contributed by atoms with Crippen molar-refractivity contribution in [2.75, 3.05) is 11.4 Å². The molecule has 0 unspecified atom stereocenters. The molecule has 0 aliphatic rings. The Morgan fingerprint density at radius 1 is 1.28 bits per heavy atom. The van der Waals surface area contributed by atoms with Crippen LogP contribution in [0.5, 0.6) is 0 Å². The van der Waals surface area contributed by atoms with E-state index in [1.807, 2.05) is 36.2 Å². The summed E-state index contributed by atoms with van der Waals surface area (Å²) in [6.45, 7) is 2.76. The molecule has 0 amide bonds. The van der Waals surface area contributed by atoms with Crippen LogP contribution in [0.4, 0.5) is 15.9 Å². The molecule has 1 aromatic carbocycles. The van der Waals surface area contributed by atoms with E-state index in [0.29, 0.717) is 0 Å².